The Kier molecular flexibility index (Phi) is 8.12. The number of carbonyl (C=O) groups excluding carboxylic acids is 1. The Hall–Kier alpha value is -1.30. The minimum atomic E-state index is -0.687. The van der Waals surface area contributed by atoms with E-state index in [1.165, 1.54) is 0 Å². The highest BCUT2D eigenvalue weighted by Crippen LogP contribution is 2.26. The minimum Gasteiger partial charge on any atom is -0.477 e. The lowest BCUT2D eigenvalue weighted by molar-refractivity contribution is -0.150. The molecule has 0 aromatic heterocycles. The Bertz CT molecular complexity index is 453. The van der Waals surface area contributed by atoms with E-state index in [1.807, 2.05) is 12.1 Å². The summed E-state index contributed by atoms with van der Waals surface area (Å²) in [6.07, 6.45) is -0.687. The van der Waals surface area contributed by atoms with Crippen LogP contribution in [0.1, 0.15) is 19.4 Å². The Morgan fingerprint density at radius 1 is 1.43 bits per heavy atom. The first kappa shape index (κ1) is 17.8. The minimum absolute atomic E-state index is 0.326. The normalized spacial score (nSPS) is 12.0. The monoisotopic (exact) mass is 315 g/mol. The molecule has 1 unspecified atom stereocenters. The molecule has 0 aliphatic carbocycles. The molecule has 0 aliphatic rings. The molecule has 0 heterocycles. The summed E-state index contributed by atoms with van der Waals surface area (Å²) in [5.74, 6) is 0.0664. The molecular formula is C15H22ClNO4. The van der Waals surface area contributed by atoms with E-state index in [-0.39, 0.29) is 0 Å². The predicted molar refractivity (Wildman–Crippen MR) is 81.8 cm³/mol. The number of ether oxygens (including phenoxy) is 3. The van der Waals surface area contributed by atoms with Crippen molar-refractivity contribution in [2.45, 2.75) is 26.5 Å². The fourth-order valence-corrected chi connectivity index (χ4v) is 1.90. The van der Waals surface area contributed by atoms with Gasteiger partial charge >= 0.3 is 5.97 Å². The molecule has 1 aromatic rings. The molecule has 0 saturated heterocycles. The van der Waals surface area contributed by atoms with Gasteiger partial charge in [-0.3, -0.25) is 0 Å². The highest BCUT2D eigenvalue weighted by Gasteiger charge is 2.17. The average Bonchev–Trinajstić information content (AvgIpc) is 2.46. The second-order valence-electron chi connectivity index (χ2n) is 4.45. The number of benzene rings is 1. The summed E-state index contributed by atoms with van der Waals surface area (Å²) < 4.78 is 15.4. The molecule has 1 N–H and O–H groups in total. The van der Waals surface area contributed by atoms with Gasteiger partial charge in [-0.25, -0.2) is 4.79 Å². The number of halogens is 1. The lowest BCUT2D eigenvalue weighted by Crippen LogP contribution is -2.26. The molecule has 0 bridgehead atoms. The van der Waals surface area contributed by atoms with Crippen LogP contribution in [0.2, 0.25) is 5.02 Å². The van der Waals surface area contributed by atoms with E-state index in [2.05, 4.69) is 5.32 Å². The van der Waals surface area contributed by atoms with Crippen LogP contribution in [0.4, 0.5) is 0 Å². The zero-order valence-corrected chi connectivity index (χ0v) is 13.4. The van der Waals surface area contributed by atoms with Crippen LogP contribution >= 0.6 is 11.6 Å². The van der Waals surface area contributed by atoms with E-state index in [0.717, 1.165) is 12.1 Å². The lowest BCUT2D eigenvalue weighted by Gasteiger charge is -2.15. The molecule has 5 nitrogen and oxygen atoms in total. The molecule has 118 valence electrons. The summed E-state index contributed by atoms with van der Waals surface area (Å²) in [6, 6.07) is 5.47. The highest BCUT2D eigenvalue weighted by atomic mass is 35.5. The van der Waals surface area contributed by atoms with E-state index in [1.54, 1.807) is 27.0 Å². The molecule has 6 heteroatoms. The van der Waals surface area contributed by atoms with E-state index in [4.69, 9.17) is 25.8 Å². The van der Waals surface area contributed by atoms with Crippen molar-refractivity contribution < 1.29 is 19.0 Å². The molecule has 0 radical (unpaired) electrons. The van der Waals surface area contributed by atoms with E-state index < -0.39 is 12.1 Å². The third-order valence-electron chi connectivity index (χ3n) is 2.73. The zero-order valence-electron chi connectivity index (χ0n) is 12.6. The Morgan fingerprint density at radius 3 is 2.81 bits per heavy atom. The van der Waals surface area contributed by atoms with E-state index in [9.17, 15) is 4.79 Å². The molecule has 1 aromatic carbocycles. The van der Waals surface area contributed by atoms with Gasteiger partial charge in [-0.05, 0) is 31.5 Å². The first-order valence-corrected chi connectivity index (χ1v) is 7.27. The number of esters is 1. The number of nitrogens with one attached hydrogen (secondary N) is 1. The summed E-state index contributed by atoms with van der Waals surface area (Å²) in [5, 5.41) is 3.70. The van der Waals surface area contributed by atoms with Gasteiger partial charge in [0.2, 0.25) is 0 Å². The van der Waals surface area contributed by atoms with E-state index >= 15 is 0 Å². The fourth-order valence-electron chi connectivity index (χ4n) is 1.66. The van der Waals surface area contributed by atoms with Crippen molar-refractivity contribution in [1.29, 1.82) is 0 Å². The molecule has 0 aliphatic heterocycles. The topological polar surface area (TPSA) is 56.8 Å². The number of carbonyl (C=O) groups is 1. The van der Waals surface area contributed by atoms with Crippen LogP contribution in [-0.2, 0) is 20.8 Å². The SMILES string of the molecule is CCOC(=O)C(C)Oc1ccc(CNCCOC)cc1Cl. The van der Waals surface area contributed by atoms with Crippen molar-refractivity contribution >= 4 is 17.6 Å². The van der Waals surface area contributed by atoms with E-state index in [0.29, 0.717) is 30.5 Å². The van der Waals surface area contributed by atoms with Gasteiger partial charge in [0, 0.05) is 20.2 Å². The summed E-state index contributed by atoms with van der Waals surface area (Å²) in [5.41, 5.74) is 1.03. The molecule has 0 saturated carbocycles. The predicted octanol–water partition coefficient (Wildman–Crippen LogP) is 2.41. The zero-order chi connectivity index (χ0) is 15.7. The molecule has 1 atom stereocenters. The molecule has 0 fully saturated rings. The van der Waals surface area contributed by atoms with Gasteiger partial charge in [-0.2, -0.15) is 0 Å². The summed E-state index contributed by atoms with van der Waals surface area (Å²) in [6.45, 7) is 5.83. The van der Waals surface area contributed by atoms with Crippen LogP contribution in [-0.4, -0.2) is 38.9 Å². The maximum atomic E-state index is 11.5. The second-order valence-corrected chi connectivity index (χ2v) is 4.85. The number of methoxy groups -OCH3 is 1. The first-order valence-electron chi connectivity index (χ1n) is 6.89. The Balaban J connectivity index is 2.55. The summed E-state index contributed by atoms with van der Waals surface area (Å²) >= 11 is 6.17. The first-order chi connectivity index (χ1) is 10.1. The van der Waals surface area contributed by atoms with Gasteiger partial charge in [0.1, 0.15) is 5.75 Å². The van der Waals surface area contributed by atoms with Crippen LogP contribution < -0.4 is 10.1 Å². The van der Waals surface area contributed by atoms with Crippen molar-refractivity contribution in [1.82, 2.24) is 5.32 Å². The van der Waals surface area contributed by atoms with Crippen LogP contribution in [0.3, 0.4) is 0 Å². The number of hydrogen-bond donors (Lipinski definition) is 1. The van der Waals surface area contributed by atoms with Gasteiger partial charge in [0.15, 0.2) is 6.10 Å². The standard InChI is InChI=1S/C15H22ClNO4/c1-4-20-15(18)11(2)21-14-6-5-12(9-13(14)16)10-17-7-8-19-3/h5-6,9,11,17H,4,7-8,10H2,1-3H3. The maximum Gasteiger partial charge on any atom is 0.347 e. The molecule has 0 amide bonds. The fraction of sp³-hybridized carbons (Fsp3) is 0.533. The average molecular weight is 316 g/mol. The van der Waals surface area contributed by atoms with Crippen LogP contribution in [0.15, 0.2) is 18.2 Å². The van der Waals surface area contributed by atoms with Gasteiger partial charge < -0.3 is 19.5 Å². The molecule has 0 spiro atoms. The maximum absolute atomic E-state index is 11.5. The number of rotatable bonds is 9. The largest absolute Gasteiger partial charge is 0.477 e. The third kappa shape index (κ3) is 6.33. The summed E-state index contributed by atoms with van der Waals surface area (Å²) in [7, 11) is 1.66. The van der Waals surface area contributed by atoms with Gasteiger partial charge in [-0.15, -0.1) is 0 Å². The number of hydrogen-bond acceptors (Lipinski definition) is 5. The molecular weight excluding hydrogens is 294 g/mol. The van der Waals surface area contributed by atoms with Crippen molar-refractivity contribution in [2.75, 3.05) is 26.9 Å². The smallest absolute Gasteiger partial charge is 0.347 e. The van der Waals surface area contributed by atoms with Crippen LogP contribution in [0.25, 0.3) is 0 Å². The van der Waals surface area contributed by atoms with Gasteiger partial charge in [0.05, 0.1) is 18.2 Å². The second kappa shape index (κ2) is 9.60. The van der Waals surface area contributed by atoms with Crippen molar-refractivity contribution in [3.8, 4) is 5.75 Å². The Labute approximate surface area is 130 Å². The molecule has 1 rings (SSSR count). The lowest BCUT2D eigenvalue weighted by atomic mass is 10.2. The van der Waals surface area contributed by atoms with Gasteiger partial charge in [-0.1, -0.05) is 17.7 Å². The van der Waals surface area contributed by atoms with Crippen molar-refractivity contribution in [2.24, 2.45) is 0 Å². The van der Waals surface area contributed by atoms with Gasteiger partial charge in [0.25, 0.3) is 0 Å². The van der Waals surface area contributed by atoms with Crippen LogP contribution in [0.5, 0.6) is 5.75 Å². The van der Waals surface area contributed by atoms with Crippen LogP contribution in [0, 0.1) is 0 Å². The van der Waals surface area contributed by atoms with Crippen molar-refractivity contribution in [3.05, 3.63) is 28.8 Å². The quantitative estimate of drug-likeness (QED) is 0.560. The Morgan fingerprint density at radius 2 is 2.19 bits per heavy atom. The molecule has 21 heavy (non-hydrogen) atoms. The van der Waals surface area contributed by atoms with Crippen molar-refractivity contribution in [3.63, 3.8) is 0 Å². The third-order valence-corrected chi connectivity index (χ3v) is 3.03. The summed E-state index contributed by atoms with van der Waals surface area (Å²) in [4.78, 5) is 11.5. The highest BCUT2D eigenvalue weighted by molar-refractivity contribution is 6.32.